The van der Waals surface area contributed by atoms with Crippen molar-refractivity contribution in [3.8, 4) is 0 Å². The van der Waals surface area contributed by atoms with Crippen molar-refractivity contribution >= 4 is 48.9 Å². The molecule has 30 heavy (non-hydrogen) atoms. The number of fused-ring (bicyclic) bond motifs is 1. The highest BCUT2D eigenvalue weighted by Gasteiger charge is 2.31. The fraction of sp³-hybridized carbons (Fsp3) is 0.222. The summed E-state index contributed by atoms with van der Waals surface area (Å²) >= 11 is 0.996. The lowest BCUT2D eigenvalue weighted by Gasteiger charge is -2.22. The molecule has 1 heterocycles. The average molecular weight is 459 g/mol. The Kier molecular flexibility index (Phi) is 5.65. The molecule has 0 saturated heterocycles. The number of hydrogen-bond donors (Lipinski definition) is 1. The van der Waals surface area contributed by atoms with Gasteiger partial charge in [0.1, 0.15) is 6.54 Å². The van der Waals surface area contributed by atoms with E-state index >= 15 is 0 Å². The molecule has 0 bridgehead atoms. The van der Waals surface area contributed by atoms with Crippen LogP contribution in [0.2, 0.25) is 0 Å². The molecular formula is C18H16F3N3O4S2. The van der Waals surface area contributed by atoms with Gasteiger partial charge in [0.05, 0.1) is 27.7 Å². The number of carbonyl (C=O) groups excluding carboxylic acids is 1. The van der Waals surface area contributed by atoms with Gasteiger partial charge in [-0.1, -0.05) is 11.3 Å². The summed E-state index contributed by atoms with van der Waals surface area (Å²) in [5.74, 6) is -0.692. The first-order valence-electron chi connectivity index (χ1n) is 8.40. The number of aromatic nitrogens is 1. The second kappa shape index (κ2) is 7.76. The van der Waals surface area contributed by atoms with E-state index in [1.54, 1.807) is 25.2 Å². The summed E-state index contributed by atoms with van der Waals surface area (Å²) in [4.78, 5) is 24.0. The van der Waals surface area contributed by atoms with Crippen molar-refractivity contribution in [3.63, 3.8) is 0 Å². The van der Waals surface area contributed by atoms with Crippen LogP contribution in [0.25, 0.3) is 10.2 Å². The van der Waals surface area contributed by atoms with Crippen LogP contribution in [0.15, 0.2) is 47.3 Å². The van der Waals surface area contributed by atoms with Crippen LogP contribution in [0.4, 0.5) is 24.5 Å². The average Bonchev–Trinajstić information content (AvgIpc) is 2.92. The standard InChI is InChI=1S/C18H16F3N3O4S2/c1-23-14-8-5-12(9-15(14)29-17(23)26)22-16(25)10-24(30(2,27)28)13-6-3-11(4-7-13)18(19,20)21/h3-9H,10H2,1-2H3,(H,22,25). The van der Waals surface area contributed by atoms with Gasteiger partial charge in [-0.05, 0) is 42.5 Å². The number of carbonyl (C=O) groups is 1. The minimum absolute atomic E-state index is 0.0719. The predicted molar refractivity (Wildman–Crippen MR) is 109 cm³/mol. The van der Waals surface area contributed by atoms with E-state index in [-0.39, 0.29) is 10.6 Å². The van der Waals surface area contributed by atoms with Gasteiger partial charge in [-0.15, -0.1) is 0 Å². The number of hydrogen-bond acceptors (Lipinski definition) is 5. The lowest BCUT2D eigenvalue weighted by molar-refractivity contribution is -0.137. The molecule has 3 aromatic rings. The molecule has 1 N–H and O–H groups in total. The lowest BCUT2D eigenvalue weighted by Crippen LogP contribution is -2.37. The van der Waals surface area contributed by atoms with Crippen LogP contribution in [0, 0.1) is 0 Å². The molecule has 0 aliphatic carbocycles. The summed E-state index contributed by atoms with van der Waals surface area (Å²) in [7, 11) is -2.32. The predicted octanol–water partition coefficient (Wildman–Crippen LogP) is 3.02. The molecule has 0 atom stereocenters. The molecule has 7 nitrogen and oxygen atoms in total. The fourth-order valence-corrected chi connectivity index (χ4v) is 4.53. The first kappa shape index (κ1) is 21.8. The smallest absolute Gasteiger partial charge is 0.324 e. The Morgan fingerprint density at radius 1 is 1.17 bits per heavy atom. The molecule has 0 unspecified atom stereocenters. The summed E-state index contributed by atoms with van der Waals surface area (Å²) in [5, 5.41) is 2.54. The Morgan fingerprint density at radius 3 is 2.37 bits per heavy atom. The molecule has 0 fully saturated rings. The number of nitrogens with one attached hydrogen (secondary N) is 1. The van der Waals surface area contributed by atoms with E-state index < -0.39 is 34.2 Å². The number of sulfonamides is 1. The number of anilines is 2. The largest absolute Gasteiger partial charge is 0.416 e. The number of nitrogens with zero attached hydrogens (tertiary/aromatic N) is 2. The van der Waals surface area contributed by atoms with Gasteiger partial charge in [0, 0.05) is 12.7 Å². The van der Waals surface area contributed by atoms with Crippen molar-refractivity contribution in [2.24, 2.45) is 7.05 Å². The van der Waals surface area contributed by atoms with Crippen molar-refractivity contribution in [3.05, 3.63) is 57.7 Å². The van der Waals surface area contributed by atoms with Crippen LogP contribution < -0.4 is 14.5 Å². The number of benzene rings is 2. The molecule has 0 spiro atoms. The van der Waals surface area contributed by atoms with Crippen molar-refractivity contribution in [2.45, 2.75) is 6.18 Å². The molecule has 0 radical (unpaired) electrons. The van der Waals surface area contributed by atoms with Gasteiger partial charge in [0.25, 0.3) is 0 Å². The highest BCUT2D eigenvalue weighted by molar-refractivity contribution is 7.92. The van der Waals surface area contributed by atoms with E-state index in [0.29, 0.717) is 20.2 Å². The Morgan fingerprint density at radius 2 is 1.80 bits per heavy atom. The molecule has 1 amide bonds. The first-order valence-corrected chi connectivity index (χ1v) is 11.1. The second-order valence-electron chi connectivity index (χ2n) is 6.47. The van der Waals surface area contributed by atoms with E-state index in [9.17, 15) is 31.2 Å². The number of alkyl halides is 3. The van der Waals surface area contributed by atoms with Crippen molar-refractivity contribution in [1.82, 2.24) is 4.57 Å². The molecule has 12 heteroatoms. The molecule has 1 aromatic heterocycles. The van der Waals surface area contributed by atoms with Crippen LogP contribution in [0.3, 0.4) is 0 Å². The number of amides is 1. The summed E-state index contributed by atoms with van der Waals surface area (Å²) in [6.07, 6.45) is -3.71. The number of rotatable bonds is 5. The molecule has 0 saturated carbocycles. The summed E-state index contributed by atoms with van der Waals surface area (Å²) < 4.78 is 65.2. The summed E-state index contributed by atoms with van der Waals surface area (Å²) in [6, 6.07) is 8.27. The molecule has 0 aliphatic rings. The highest BCUT2D eigenvalue weighted by atomic mass is 32.2. The van der Waals surface area contributed by atoms with Gasteiger partial charge in [0.15, 0.2) is 0 Å². The van der Waals surface area contributed by atoms with Gasteiger partial charge in [-0.3, -0.25) is 13.9 Å². The van der Waals surface area contributed by atoms with Crippen LogP contribution in [-0.4, -0.2) is 31.7 Å². The van der Waals surface area contributed by atoms with Crippen LogP contribution in [0.1, 0.15) is 5.56 Å². The zero-order valence-corrected chi connectivity index (χ0v) is 17.4. The Bertz CT molecular complexity index is 1260. The Hall–Kier alpha value is -2.86. The third kappa shape index (κ3) is 4.65. The molecular weight excluding hydrogens is 443 g/mol. The fourth-order valence-electron chi connectivity index (χ4n) is 2.76. The Balaban J connectivity index is 1.82. The minimum Gasteiger partial charge on any atom is -0.324 e. The molecule has 2 aromatic carbocycles. The van der Waals surface area contributed by atoms with Crippen LogP contribution >= 0.6 is 11.3 Å². The van der Waals surface area contributed by atoms with Crippen molar-refractivity contribution in [1.29, 1.82) is 0 Å². The third-order valence-electron chi connectivity index (χ3n) is 4.25. The zero-order chi connectivity index (χ0) is 22.3. The maximum absolute atomic E-state index is 12.7. The molecule has 0 aliphatic heterocycles. The monoisotopic (exact) mass is 459 g/mol. The third-order valence-corrected chi connectivity index (χ3v) is 6.38. The summed E-state index contributed by atoms with van der Waals surface area (Å²) in [5.41, 5.74) is 0.0393. The van der Waals surface area contributed by atoms with E-state index in [1.165, 1.54) is 4.57 Å². The van der Waals surface area contributed by atoms with Crippen molar-refractivity contribution < 1.29 is 26.4 Å². The number of thiazole rings is 1. The molecule has 160 valence electrons. The van der Waals surface area contributed by atoms with Gasteiger partial charge in [-0.2, -0.15) is 13.2 Å². The number of aryl methyl sites for hydroxylation is 1. The lowest BCUT2D eigenvalue weighted by atomic mass is 10.2. The topological polar surface area (TPSA) is 88.5 Å². The van der Waals surface area contributed by atoms with Crippen LogP contribution in [-0.2, 0) is 28.0 Å². The quantitative estimate of drug-likeness (QED) is 0.635. The van der Waals surface area contributed by atoms with E-state index in [0.717, 1.165) is 41.9 Å². The van der Waals surface area contributed by atoms with Gasteiger partial charge >= 0.3 is 11.0 Å². The van der Waals surface area contributed by atoms with Gasteiger partial charge < -0.3 is 9.88 Å². The van der Waals surface area contributed by atoms with E-state index in [1.807, 2.05) is 0 Å². The Labute approximate surface area is 173 Å². The van der Waals surface area contributed by atoms with Gasteiger partial charge in [0.2, 0.25) is 15.9 Å². The van der Waals surface area contributed by atoms with E-state index in [4.69, 9.17) is 0 Å². The first-order chi connectivity index (χ1) is 13.9. The SMILES string of the molecule is Cn1c(=O)sc2cc(NC(=O)CN(c3ccc(C(F)(F)F)cc3)S(C)(=O)=O)ccc21. The second-order valence-corrected chi connectivity index (χ2v) is 9.37. The zero-order valence-electron chi connectivity index (χ0n) is 15.7. The van der Waals surface area contributed by atoms with Crippen molar-refractivity contribution in [2.75, 3.05) is 22.4 Å². The highest BCUT2D eigenvalue weighted by Crippen LogP contribution is 2.31. The van der Waals surface area contributed by atoms with Gasteiger partial charge in [-0.25, -0.2) is 8.42 Å². The van der Waals surface area contributed by atoms with E-state index in [2.05, 4.69) is 5.32 Å². The number of halogens is 3. The normalized spacial score (nSPS) is 12.2. The maximum atomic E-state index is 12.7. The maximum Gasteiger partial charge on any atom is 0.416 e. The minimum atomic E-state index is -4.56. The molecule has 3 rings (SSSR count). The summed E-state index contributed by atoms with van der Waals surface area (Å²) in [6.45, 7) is -0.632. The van der Waals surface area contributed by atoms with Crippen LogP contribution in [0.5, 0.6) is 0 Å².